The highest BCUT2D eigenvalue weighted by Gasteiger charge is 2.21. The molecule has 3 heteroatoms. The molecule has 0 saturated carbocycles. The first-order valence-corrected chi connectivity index (χ1v) is 6.54. The Morgan fingerprint density at radius 1 is 1.27 bits per heavy atom. The summed E-state index contributed by atoms with van der Waals surface area (Å²) in [7, 11) is -2.20. The molecule has 0 fully saturated rings. The van der Waals surface area contributed by atoms with Gasteiger partial charge in [-0.05, 0) is 24.3 Å². The average molecular weight is 167 g/mol. The SMILES string of the molecule is C[Si](C)(O)c1ccccc1N. The molecular weight excluding hydrogens is 154 g/mol. The highest BCUT2D eigenvalue weighted by molar-refractivity contribution is 6.84. The van der Waals surface area contributed by atoms with E-state index >= 15 is 0 Å². The molecule has 0 radical (unpaired) electrons. The molecule has 3 N–H and O–H groups in total. The maximum Gasteiger partial charge on any atom is 0.215 e. The molecule has 0 aliphatic heterocycles. The van der Waals surface area contributed by atoms with E-state index in [1.54, 1.807) is 0 Å². The van der Waals surface area contributed by atoms with E-state index in [2.05, 4.69) is 0 Å². The lowest BCUT2D eigenvalue weighted by atomic mass is 10.3. The van der Waals surface area contributed by atoms with Crippen molar-refractivity contribution in [2.45, 2.75) is 13.1 Å². The van der Waals surface area contributed by atoms with Crippen LogP contribution in [0.2, 0.25) is 13.1 Å². The summed E-state index contributed by atoms with van der Waals surface area (Å²) in [6.45, 7) is 3.72. The normalized spacial score (nSPS) is 11.5. The predicted octanol–water partition coefficient (Wildman–Crippen LogP) is 0.673. The Hall–Kier alpha value is -0.803. The number of anilines is 1. The maximum absolute atomic E-state index is 9.73. The predicted molar refractivity (Wildman–Crippen MR) is 50.2 cm³/mol. The Balaban J connectivity index is 3.14. The van der Waals surface area contributed by atoms with Gasteiger partial charge in [-0.25, -0.2) is 0 Å². The Labute approximate surface area is 67.8 Å². The Morgan fingerprint density at radius 2 is 1.82 bits per heavy atom. The van der Waals surface area contributed by atoms with E-state index in [-0.39, 0.29) is 0 Å². The summed E-state index contributed by atoms with van der Waals surface area (Å²) in [5.74, 6) is 0. The third-order valence-electron chi connectivity index (χ3n) is 1.62. The van der Waals surface area contributed by atoms with Gasteiger partial charge in [0.1, 0.15) is 0 Å². The Kier molecular flexibility index (Phi) is 2.02. The number of nitrogen functional groups attached to an aromatic ring is 1. The van der Waals surface area contributed by atoms with E-state index in [0.29, 0.717) is 5.69 Å². The van der Waals surface area contributed by atoms with E-state index in [1.807, 2.05) is 37.4 Å². The summed E-state index contributed by atoms with van der Waals surface area (Å²) in [6, 6.07) is 7.48. The molecule has 11 heavy (non-hydrogen) atoms. The van der Waals surface area contributed by atoms with E-state index in [0.717, 1.165) is 5.19 Å². The second kappa shape index (κ2) is 2.68. The van der Waals surface area contributed by atoms with E-state index in [1.165, 1.54) is 0 Å². The molecule has 1 aromatic carbocycles. The van der Waals surface area contributed by atoms with Gasteiger partial charge in [-0.15, -0.1) is 0 Å². The molecule has 0 unspecified atom stereocenters. The standard InChI is InChI=1S/C8H13NOSi/c1-11(2,10)8-6-4-3-5-7(8)9/h3-6,10H,9H2,1-2H3. The average Bonchev–Trinajstić information content (AvgIpc) is 1.86. The van der Waals surface area contributed by atoms with Gasteiger partial charge in [0.2, 0.25) is 8.32 Å². The fourth-order valence-electron chi connectivity index (χ4n) is 1.05. The van der Waals surface area contributed by atoms with Crippen LogP contribution in [0.5, 0.6) is 0 Å². The number of hydrogen-bond donors (Lipinski definition) is 2. The molecule has 0 atom stereocenters. The van der Waals surface area contributed by atoms with Crippen LogP contribution < -0.4 is 10.9 Å². The van der Waals surface area contributed by atoms with E-state index in [4.69, 9.17) is 5.73 Å². The van der Waals surface area contributed by atoms with Crippen molar-refractivity contribution < 1.29 is 4.80 Å². The molecule has 0 spiro atoms. The monoisotopic (exact) mass is 167 g/mol. The van der Waals surface area contributed by atoms with Crippen LogP contribution in [0.3, 0.4) is 0 Å². The van der Waals surface area contributed by atoms with Crippen molar-refractivity contribution in [1.29, 1.82) is 0 Å². The van der Waals surface area contributed by atoms with Gasteiger partial charge in [0, 0.05) is 5.69 Å². The Morgan fingerprint density at radius 3 is 2.18 bits per heavy atom. The summed E-state index contributed by atoms with van der Waals surface area (Å²) >= 11 is 0. The van der Waals surface area contributed by atoms with Gasteiger partial charge in [-0.2, -0.15) is 0 Å². The molecule has 0 bridgehead atoms. The van der Waals surface area contributed by atoms with Gasteiger partial charge in [-0.3, -0.25) is 0 Å². The second-order valence-corrected chi connectivity index (χ2v) is 6.80. The van der Waals surface area contributed by atoms with Crippen LogP contribution in [-0.4, -0.2) is 13.1 Å². The maximum atomic E-state index is 9.73. The topological polar surface area (TPSA) is 46.2 Å². The zero-order valence-electron chi connectivity index (χ0n) is 6.83. The number of para-hydroxylation sites is 1. The van der Waals surface area contributed by atoms with Crippen molar-refractivity contribution in [2.24, 2.45) is 0 Å². The molecule has 0 heterocycles. The molecule has 1 rings (SSSR count). The van der Waals surface area contributed by atoms with Crippen molar-refractivity contribution in [3.63, 3.8) is 0 Å². The molecule has 1 aromatic rings. The first kappa shape index (κ1) is 8.29. The highest BCUT2D eigenvalue weighted by Crippen LogP contribution is 2.04. The zero-order valence-corrected chi connectivity index (χ0v) is 7.83. The molecule has 2 nitrogen and oxygen atoms in total. The van der Waals surface area contributed by atoms with Gasteiger partial charge >= 0.3 is 0 Å². The van der Waals surface area contributed by atoms with Crippen LogP contribution in [0, 0.1) is 0 Å². The quantitative estimate of drug-likeness (QED) is 0.477. The van der Waals surface area contributed by atoms with Crippen molar-refractivity contribution in [1.82, 2.24) is 0 Å². The third kappa shape index (κ3) is 1.82. The number of benzene rings is 1. The molecule has 0 saturated heterocycles. The summed E-state index contributed by atoms with van der Waals surface area (Å²) < 4.78 is 0. The van der Waals surface area contributed by atoms with Crippen LogP contribution in [0.15, 0.2) is 24.3 Å². The van der Waals surface area contributed by atoms with Crippen molar-refractivity contribution >= 4 is 19.2 Å². The fourth-order valence-corrected chi connectivity index (χ4v) is 2.35. The van der Waals surface area contributed by atoms with E-state index in [9.17, 15) is 4.80 Å². The van der Waals surface area contributed by atoms with Crippen LogP contribution in [-0.2, 0) is 0 Å². The smallest absolute Gasteiger partial charge is 0.215 e. The number of hydrogen-bond acceptors (Lipinski definition) is 2. The number of nitrogens with two attached hydrogens (primary N) is 1. The summed E-state index contributed by atoms with van der Waals surface area (Å²) in [4.78, 5) is 9.73. The molecular formula is C8H13NOSi. The lowest BCUT2D eigenvalue weighted by molar-refractivity contribution is 0.569. The minimum Gasteiger partial charge on any atom is -0.428 e. The van der Waals surface area contributed by atoms with Crippen molar-refractivity contribution in [3.8, 4) is 0 Å². The van der Waals surface area contributed by atoms with Crippen LogP contribution in [0.1, 0.15) is 0 Å². The number of rotatable bonds is 1. The highest BCUT2D eigenvalue weighted by atomic mass is 28.4. The molecule has 0 amide bonds. The minimum absolute atomic E-state index is 0.701. The fraction of sp³-hybridized carbons (Fsp3) is 0.250. The van der Waals surface area contributed by atoms with Crippen molar-refractivity contribution in [2.75, 3.05) is 5.73 Å². The van der Waals surface area contributed by atoms with E-state index < -0.39 is 8.32 Å². The molecule has 0 aromatic heterocycles. The minimum atomic E-state index is -2.20. The van der Waals surface area contributed by atoms with Gasteiger partial charge in [0.25, 0.3) is 0 Å². The first-order chi connectivity index (χ1) is 5.02. The summed E-state index contributed by atoms with van der Waals surface area (Å²) in [5, 5.41) is 0.917. The largest absolute Gasteiger partial charge is 0.428 e. The van der Waals surface area contributed by atoms with Gasteiger partial charge in [0.15, 0.2) is 0 Å². The third-order valence-corrected chi connectivity index (χ3v) is 3.39. The van der Waals surface area contributed by atoms with Crippen LogP contribution >= 0.6 is 0 Å². The van der Waals surface area contributed by atoms with Gasteiger partial charge in [-0.1, -0.05) is 18.2 Å². The van der Waals surface area contributed by atoms with Gasteiger partial charge in [0.05, 0.1) is 0 Å². The second-order valence-electron chi connectivity index (χ2n) is 3.15. The first-order valence-electron chi connectivity index (χ1n) is 3.59. The molecule has 0 aliphatic carbocycles. The van der Waals surface area contributed by atoms with Gasteiger partial charge < -0.3 is 10.5 Å². The Bertz CT molecular complexity index is 255. The zero-order chi connectivity index (χ0) is 8.48. The lowest BCUT2D eigenvalue weighted by Gasteiger charge is -2.16. The van der Waals surface area contributed by atoms with Crippen LogP contribution in [0.4, 0.5) is 5.69 Å². The van der Waals surface area contributed by atoms with Crippen LogP contribution in [0.25, 0.3) is 0 Å². The molecule has 60 valence electrons. The van der Waals surface area contributed by atoms with Crippen molar-refractivity contribution in [3.05, 3.63) is 24.3 Å². The lowest BCUT2D eigenvalue weighted by Crippen LogP contribution is -2.42. The summed E-state index contributed by atoms with van der Waals surface area (Å²) in [6.07, 6.45) is 0. The summed E-state index contributed by atoms with van der Waals surface area (Å²) in [5.41, 5.74) is 6.38. The molecule has 0 aliphatic rings.